The number of anilines is 2. The van der Waals surface area contributed by atoms with Crippen LogP contribution in [-0.2, 0) is 0 Å². The molecule has 16 heavy (non-hydrogen) atoms. The van der Waals surface area contributed by atoms with Gasteiger partial charge in [0.1, 0.15) is 0 Å². The Labute approximate surface area is 102 Å². The van der Waals surface area contributed by atoms with Gasteiger partial charge in [-0.25, -0.2) is 0 Å². The van der Waals surface area contributed by atoms with Crippen molar-refractivity contribution in [3.05, 3.63) is 24.3 Å². The number of benzene rings is 1. The number of nitrogen functional groups attached to an aromatic ring is 1. The molecule has 2 rings (SSSR count). The molecule has 3 heteroatoms. The maximum atomic E-state index is 6.02. The van der Waals surface area contributed by atoms with E-state index in [9.17, 15) is 0 Å². The second-order valence-corrected chi connectivity index (χ2v) is 6.71. The Morgan fingerprint density at radius 3 is 2.75 bits per heavy atom. The summed E-state index contributed by atoms with van der Waals surface area (Å²) >= 11 is 2.06. The first kappa shape index (κ1) is 11.6. The van der Waals surface area contributed by atoms with Gasteiger partial charge in [-0.2, -0.15) is 11.8 Å². The first-order valence-corrected chi connectivity index (χ1v) is 6.80. The average Bonchev–Trinajstić information content (AvgIpc) is 2.40. The van der Waals surface area contributed by atoms with Crippen molar-refractivity contribution in [3.63, 3.8) is 0 Å². The molecule has 1 fully saturated rings. The highest BCUT2D eigenvalue weighted by Gasteiger charge is 2.24. The van der Waals surface area contributed by atoms with Gasteiger partial charge in [0.25, 0.3) is 0 Å². The van der Waals surface area contributed by atoms with Crippen molar-refractivity contribution < 1.29 is 0 Å². The summed E-state index contributed by atoms with van der Waals surface area (Å²) in [4.78, 5) is 2.41. The molecule has 2 nitrogen and oxygen atoms in total. The molecule has 2 N–H and O–H groups in total. The minimum Gasteiger partial charge on any atom is -0.397 e. The molecule has 1 saturated heterocycles. The molecule has 0 aliphatic carbocycles. The van der Waals surface area contributed by atoms with E-state index in [1.807, 2.05) is 12.1 Å². The zero-order chi connectivity index (χ0) is 11.6. The third kappa shape index (κ3) is 2.64. The van der Waals surface area contributed by atoms with E-state index in [0.717, 1.165) is 18.8 Å². The van der Waals surface area contributed by atoms with E-state index in [2.05, 4.69) is 42.6 Å². The fourth-order valence-electron chi connectivity index (χ4n) is 2.04. The number of thioether (sulfide) groups is 1. The number of para-hydroxylation sites is 2. The van der Waals surface area contributed by atoms with E-state index in [-0.39, 0.29) is 0 Å². The van der Waals surface area contributed by atoms with Gasteiger partial charge in [0.15, 0.2) is 0 Å². The lowest BCUT2D eigenvalue weighted by Gasteiger charge is -2.25. The van der Waals surface area contributed by atoms with Crippen molar-refractivity contribution in [2.45, 2.75) is 25.0 Å². The Morgan fingerprint density at radius 1 is 1.25 bits per heavy atom. The van der Waals surface area contributed by atoms with Gasteiger partial charge in [-0.3, -0.25) is 0 Å². The predicted octanol–water partition coefficient (Wildman–Crippen LogP) is 2.99. The number of rotatable bonds is 1. The van der Waals surface area contributed by atoms with Gasteiger partial charge in [-0.05, 0) is 18.6 Å². The van der Waals surface area contributed by atoms with Gasteiger partial charge in [-0.15, -0.1) is 0 Å². The molecule has 0 saturated carbocycles. The molecule has 0 atom stereocenters. The summed E-state index contributed by atoms with van der Waals surface area (Å²) in [7, 11) is 0. The maximum Gasteiger partial charge on any atom is 0.0600 e. The Hall–Kier alpha value is -0.830. The van der Waals surface area contributed by atoms with Gasteiger partial charge < -0.3 is 10.6 Å². The van der Waals surface area contributed by atoms with E-state index >= 15 is 0 Å². The van der Waals surface area contributed by atoms with Crippen LogP contribution < -0.4 is 10.6 Å². The topological polar surface area (TPSA) is 29.3 Å². The summed E-state index contributed by atoms with van der Waals surface area (Å²) < 4.78 is 0.401. The first-order valence-electron chi connectivity index (χ1n) is 5.82. The minimum atomic E-state index is 0.401. The quantitative estimate of drug-likeness (QED) is 0.760. The maximum absolute atomic E-state index is 6.02. The molecular formula is C13H20N2S. The molecule has 0 amide bonds. The summed E-state index contributed by atoms with van der Waals surface area (Å²) in [6.45, 7) is 6.86. The highest BCUT2D eigenvalue weighted by Crippen LogP contribution is 2.33. The predicted molar refractivity (Wildman–Crippen MR) is 74.2 cm³/mol. The van der Waals surface area contributed by atoms with Crippen LogP contribution in [0.5, 0.6) is 0 Å². The molecule has 0 radical (unpaired) electrons. The van der Waals surface area contributed by atoms with Crippen molar-refractivity contribution in [1.29, 1.82) is 0 Å². The standard InChI is InChI=1S/C13H20N2S/c1-13(2)7-8-15(9-10-16-13)12-6-4-3-5-11(12)14/h3-6H,7-10,14H2,1-2H3. The Balaban J connectivity index is 2.14. The lowest BCUT2D eigenvalue weighted by Crippen LogP contribution is -2.27. The molecule has 0 spiro atoms. The summed E-state index contributed by atoms with van der Waals surface area (Å²) in [5.41, 5.74) is 8.11. The Morgan fingerprint density at radius 2 is 2.00 bits per heavy atom. The lowest BCUT2D eigenvalue weighted by atomic mass is 10.1. The van der Waals surface area contributed by atoms with Crippen LogP contribution in [0.3, 0.4) is 0 Å². The lowest BCUT2D eigenvalue weighted by molar-refractivity contribution is 0.638. The van der Waals surface area contributed by atoms with Gasteiger partial charge in [0.2, 0.25) is 0 Å². The SMILES string of the molecule is CC1(C)CCN(c2ccccc2N)CCS1. The Kier molecular flexibility index (Phi) is 3.33. The van der Waals surface area contributed by atoms with Crippen LogP contribution in [0.15, 0.2) is 24.3 Å². The van der Waals surface area contributed by atoms with Crippen LogP contribution in [0.1, 0.15) is 20.3 Å². The molecule has 1 aromatic carbocycles. The van der Waals surface area contributed by atoms with Crippen LogP contribution in [0.2, 0.25) is 0 Å². The largest absolute Gasteiger partial charge is 0.397 e. The summed E-state index contributed by atoms with van der Waals surface area (Å²) in [5.74, 6) is 1.18. The van der Waals surface area contributed by atoms with Gasteiger partial charge in [-0.1, -0.05) is 26.0 Å². The van der Waals surface area contributed by atoms with Gasteiger partial charge >= 0.3 is 0 Å². The fraction of sp³-hybridized carbons (Fsp3) is 0.538. The van der Waals surface area contributed by atoms with Crippen LogP contribution >= 0.6 is 11.8 Å². The van der Waals surface area contributed by atoms with Gasteiger partial charge in [0.05, 0.1) is 11.4 Å². The second kappa shape index (κ2) is 4.58. The van der Waals surface area contributed by atoms with E-state index in [1.165, 1.54) is 17.9 Å². The smallest absolute Gasteiger partial charge is 0.0600 e. The second-order valence-electron chi connectivity index (χ2n) is 4.90. The molecule has 0 bridgehead atoms. The number of nitrogens with zero attached hydrogens (tertiary/aromatic N) is 1. The molecule has 1 heterocycles. The van der Waals surface area contributed by atoms with Crippen molar-refractivity contribution in [2.75, 3.05) is 29.5 Å². The minimum absolute atomic E-state index is 0.401. The molecule has 1 aromatic rings. The highest BCUT2D eigenvalue weighted by molar-refractivity contribution is 8.00. The van der Waals surface area contributed by atoms with Crippen LogP contribution in [-0.4, -0.2) is 23.6 Å². The number of hydrogen-bond donors (Lipinski definition) is 1. The zero-order valence-corrected chi connectivity index (χ0v) is 10.9. The number of hydrogen-bond acceptors (Lipinski definition) is 3. The van der Waals surface area contributed by atoms with Crippen LogP contribution in [0.25, 0.3) is 0 Å². The summed E-state index contributed by atoms with van der Waals surface area (Å²) in [6, 6.07) is 8.17. The monoisotopic (exact) mass is 236 g/mol. The van der Waals surface area contributed by atoms with Crippen LogP contribution in [0, 0.1) is 0 Å². The third-order valence-corrected chi connectivity index (χ3v) is 4.49. The van der Waals surface area contributed by atoms with E-state index in [0.29, 0.717) is 4.75 Å². The molecule has 1 aliphatic heterocycles. The zero-order valence-electron chi connectivity index (χ0n) is 10.1. The highest BCUT2D eigenvalue weighted by atomic mass is 32.2. The Bertz CT molecular complexity index is 363. The number of nitrogens with two attached hydrogens (primary N) is 1. The fourth-order valence-corrected chi connectivity index (χ4v) is 3.14. The van der Waals surface area contributed by atoms with Crippen LogP contribution in [0.4, 0.5) is 11.4 Å². The van der Waals surface area contributed by atoms with Crippen molar-refractivity contribution in [1.82, 2.24) is 0 Å². The van der Waals surface area contributed by atoms with E-state index in [4.69, 9.17) is 5.73 Å². The average molecular weight is 236 g/mol. The molecular weight excluding hydrogens is 216 g/mol. The van der Waals surface area contributed by atoms with Crippen molar-refractivity contribution in [2.24, 2.45) is 0 Å². The summed E-state index contributed by atoms with van der Waals surface area (Å²) in [5, 5.41) is 0. The molecule has 0 unspecified atom stereocenters. The molecule has 0 aromatic heterocycles. The van der Waals surface area contributed by atoms with E-state index < -0.39 is 0 Å². The van der Waals surface area contributed by atoms with Gasteiger partial charge in [0, 0.05) is 23.6 Å². The normalized spacial score (nSPS) is 20.5. The van der Waals surface area contributed by atoms with E-state index in [1.54, 1.807) is 0 Å². The molecule has 1 aliphatic rings. The van der Waals surface area contributed by atoms with Crippen molar-refractivity contribution >= 4 is 23.1 Å². The summed E-state index contributed by atoms with van der Waals surface area (Å²) in [6.07, 6.45) is 1.21. The van der Waals surface area contributed by atoms with Crippen molar-refractivity contribution in [3.8, 4) is 0 Å². The third-order valence-electron chi connectivity index (χ3n) is 3.12. The molecule has 88 valence electrons. The first-order chi connectivity index (χ1) is 7.58.